The normalized spacial score (nSPS) is 10.4. The van der Waals surface area contributed by atoms with Gasteiger partial charge in [-0.1, -0.05) is 46.9 Å². The lowest BCUT2D eigenvalue weighted by Gasteiger charge is -2.12. The summed E-state index contributed by atoms with van der Waals surface area (Å²) in [4.78, 5) is 12.3. The highest BCUT2D eigenvalue weighted by Crippen LogP contribution is 2.30. The molecule has 0 atom stereocenters. The van der Waals surface area contributed by atoms with E-state index < -0.39 is 0 Å². The number of nitrogens with one attached hydrogen (secondary N) is 1. The molecule has 20 heavy (non-hydrogen) atoms. The van der Waals surface area contributed by atoms with E-state index in [2.05, 4.69) is 5.32 Å². The molecule has 0 radical (unpaired) electrons. The number of carbonyl (C=O) groups excluding carboxylic acids is 1. The second-order valence-electron chi connectivity index (χ2n) is 4.49. The van der Waals surface area contributed by atoms with Crippen LogP contribution in [0.25, 0.3) is 0 Å². The molecule has 0 aliphatic heterocycles. The first-order valence-corrected chi connectivity index (χ1v) is 7.05. The van der Waals surface area contributed by atoms with Gasteiger partial charge in [-0.25, -0.2) is 0 Å². The number of rotatable bonds is 2. The number of halogens is 3. The van der Waals surface area contributed by atoms with Crippen LogP contribution in [0.5, 0.6) is 0 Å². The highest BCUT2D eigenvalue weighted by Gasteiger charge is 2.15. The van der Waals surface area contributed by atoms with Gasteiger partial charge in [0.15, 0.2) is 0 Å². The van der Waals surface area contributed by atoms with E-state index in [-0.39, 0.29) is 10.9 Å². The molecule has 0 aliphatic carbocycles. The van der Waals surface area contributed by atoms with E-state index >= 15 is 0 Å². The first kappa shape index (κ1) is 15.2. The Kier molecular flexibility index (Phi) is 4.59. The third kappa shape index (κ3) is 3.09. The molecule has 104 valence electrons. The van der Waals surface area contributed by atoms with E-state index in [1.165, 1.54) is 0 Å². The topological polar surface area (TPSA) is 29.1 Å². The van der Waals surface area contributed by atoms with Crippen molar-refractivity contribution in [3.8, 4) is 0 Å². The van der Waals surface area contributed by atoms with E-state index in [1.54, 1.807) is 24.3 Å². The summed E-state index contributed by atoms with van der Waals surface area (Å²) in [7, 11) is 0. The van der Waals surface area contributed by atoms with Crippen LogP contribution in [0, 0.1) is 13.8 Å². The molecule has 2 aromatic carbocycles. The van der Waals surface area contributed by atoms with Gasteiger partial charge in [-0.2, -0.15) is 0 Å². The monoisotopic (exact) mass is 327 g/mol. The van der Waals surface area contributed by atoms with Gasteiger partial charge in [0.1, 0.15) is 0 Å². The molecule has 2 aromatic rings. The van der Waals surface area contributed by atoms with Crippen LogP contribution in [0.3, 0.4) is 0 Å². The third-order valence-corrected chi connectivity index (χ3v) is 3.98. The lowest BCUT2D eigenvalue weighted by Crippen LogP contribution is -2.14. The van der Waals surface area contributed by atoms with Crippen molar-refractivity contribution in [1.82, 2.24) is 0 Å². The lowest BCUT2D eigenvalue weighted by atomic mass is 10.1. The van der Waals surface area contributed by atoms with Crippen LogP contribution in [-0.2, 0) is 0 Å². The summed E-state index contributed by atoms with van der Waals surface area (Å²) in [6.07, 6.45) is 0. The minimum atomic E-state index is -0.341. The Morgan fingerprint density at radius 1 is 1.05 bits per heavy atom. The summed E-state index contributed by atoms with van der Waals surface area (Å²) in [5.74, 6) is -0.341. The van der Waals surface area contributed by atoms with Crippen molar-refractivity contribution in [3.63, 3.8) is 0 Å². The fourth-order valence-corrected chi connectivity index (χ4v) is 2.69. The Labute approximate surface area is 132 Å². The van der Waals surface area contributed by atoms with Crippen molar-refractivity contribution in [2.45, 2.75) is 13.8 Å². The van der Waals surface area contributed by atoms with Crippen LogP contribution in [-0.4, -0.2) is 5.91 Å². The Bertz CT molecular complexity index is 660. The summed E-state index contributed by atoms with van der Waals surface area (Å²) in [6.45, 7) is 3.83. The van der Waals surface area contributed by atoms with Gasteiger partial charge < -0.3 is 5.32 Å². The highest BCUT2D eigenvalue weighted by atomic mass is 35.5. The molecular formula is C15H12Cl3NO. The second kappa shape index (κ2) is 6.04. The Morgan fingerprint density at radius 3 is 2.40 bits per heavy atom. The number of anilines is 1. The Balaban J connectivity index is 2.36. The lowest BCUT2D eigenvalue weighted by molar-refractivity contribution is 0.102. The molecule has 0 saturated heterocycles. The summed E-state index contributed by atoms with van der Waals surface area (Å²) >= 11 is 18.1. The van der Waals surface area contributed by atoms with Gasteiger partial charge in [0.05, 0.1) is 26.3 Å². The fourth-order valence-electron chi connectivity index (χ4n) is 1.93. The molecule has 0 fully saturated rings. The number of amides is 1. The van der Waals surface area contributed by atoms with Gasteiger partial charge in [0.2, 0.25) is 0 Å². The maximum Gasteiger partial charge on any atom is 0.257 e. The van der Waals surface area contributed by atoms with Crippen LogP contribution in [0.1, 0.15) is 21.5 Å². The van der Waals surface area contributed by atoms with Crippen LogP contribution < -0.4 is 5.32 Å². The Hall–Kier alpha value is -1.22. The van der Waals surface area contributed by atoms with Gasteiger partial charge in [0.25, 0.3) is 5.91 Å². The predicted octanol–water partition coefficient (Wildman–Crippen LogP) is 5.52. The molecular weight excluding hydrogens is 317 g/mol. The van der Waals surface area contributed by atoms with Gasteiger partial charge in [-0.05, 0) is 43.2 Å². The van der Waals surface area contributed by atoms with E-state index in [4.69, 9.17) is 34.8 Å². The van der Waals surface area contributed by atoms with Crippen molar-refractivity contribution in [2.75, 3.05) is 5.32 Å². The summed E-state index contributed by atoms with van der Waals surface area (Å²) < 4.78 is 0. The molecule has 1 N–H and O–H groups in total. The second-order valence-corrected chi connectivity index (χ2v) is 5.69. The van der Waals surface area contributed by atoms with Gasteiger partial charge in [0, 0.05) is 0 Å². The van der Waals surface area contributed by atoms with Crippen molar-refractivity contribution in [3.05, 3.63) is 62.1 Å². The largest absolute Gasteiger partial charge is 0.320 e. The number of benzene rings is 2. The molecule has 0 bridgehead atoms. The standard InChI is InChI=1S/C15H12Cl3NO/c1-8-6-9(2)14(12(17)7-8)19-15(20)10-4-3-5-11(16)13(10)18/h3-7H,1-2H3,(H,19,20). The fraction of sp³-hybridized carbons (Fsp3) is 0.133. The van der Waals surface area contributed by atoms with Gasteiger partial charge in [-0.3, -0.25) is 4.79 Å². The van der Waals surface area contributed by atoms with Crippen molar-refractivity contribution in [1.29, 1.82) is 0 Å². The molecule has 0 aliphatic rings. The number of hydrogen-bond donors (Lipinski definition) is 1. The first-order valence-electron chi connectivity index (χ1n) is 5.92. The van der Waals surface area contributed by atoms with Crippen LogP contribution in [0.4, 0.5) is 5.69 Å². The van der Waals surface area contributed by atoms with E-state index in [0.717, 1.165) is 11.1 Å². The van der Waals surface area contributed by atoms with Crippen molar-refractivity contribution < 1.29 is 4.79 Å². The molecule has 1 amide bonds. The van der Waals surface area contributed by atoms with E-state index in [9.17, 15) is 4.79 Å². The van der Waals surface area contributed by atoms with Crippen LogP contribution in [0.2, 0.25) is 15.1 Å². The first-order chi connectivity index (χ1) is 9.40. The summed E-state index contributed by atoms with van der Waals surface area (Å²) in [6, 6.07) is 8.66. The van der Waals surface area contributed by atoms with Crippen molar-refractivity contribution in [2.24, 2.45) is 0 Å². The van der Waals surface area contributed by atoms with Crippen molar-refractivity contribution >= 4 is 46.4 Å². The Morgan fingerprint density at radius 2 is 1.75 bits per heavy atom. The molecule has 5 heteroatoms. The smallest absolute Gasteiger partial charge is 0.257 e. The molecule has 0 aromatic heterocycles. The molecule has 0 spiro atoms. The maximum absolute atomic E-state index is 12.3. The molecule has 2 nitrogen and oxygen atoms in total. The van der Waals surface area contributed by atoms with Crippen LogP contribution in [0.15, 0.2) is 30.3 Å². The third-order valence-electron chi connectivity index (χ3n) is 2.87. The zero-order chi connectivity index (χ0) is 14.9. The van der Waals surface area contributed by atoms with E-state index in [1.807, 2.05) is 19.9 Å². The van der Waals surface area contributed by atoms with Gasteiger partial charge >= 0.3 is 0 Å². The quantitative estimate of drug-likeness (QED) is 0.773. The predicted molar refractivity (Wildman–Crippen MR) is 85.3 cm³/mol. The van der Waals surface area contributed by atoms with Gasteiger partial charge in [-0.15, -0.1) is 0 Å². The molecule has 0 unspecified atom stereocenters. The molecule has 0 saturated carbocycles. The zero-order valence-electron chi connectivity index (χ0n) is 10.9. The van der Waals surface area contributed by atoms with Crippen LogP contribution >= 0.6 is 34.8 Å². The molecule has 0 heterocycles. The summed E-state index contributed by atoms with van der Waals surface area (Å²) in [5.41, 5.74) is 2.82. The number of carbonyl (C=O) groups is 1. The summed E-state index contributed by atoms with van der Waals surface area (Å²) in [5, 5.41) is 3.84. The minimum Gasteiger partial charge on any atom is -0.320 e. The number of hydrogen-bond acceptors (Lipinski definition) is 1. The zero-order valence-corrected chi connectivity index (χ0v) is 13.2. The SMILES string of the molecule is Cc1cc(C)c(NC(=O)c2cccc(Cl)c2Cl)c(Cl)c1. The van der Waals surface area contributed by atoms with E-state index in [0.29, 0.717) is 21.3 Å². The highest BCUT2D eigenvalue weighted by molar-refractivity contribution is 6.44. The molecule has 2 rings (SSSR count). The maximum atomic E-state index is 12.3. The average molecular weight is 329 g/mol. The minimum absolute atomic E-state index is 0.229. The average Bonchev–Trinajstić information content (AvgIpc) is 2.36. The number of aryl methyl sites for hydroxylation is 2.